The zero-order valence-electron chi connectivity index (χ0n) is 19.2. The third-order valence-corrected chi connectivity index (χ3v) is 6.89. The van der Waals surface area contributed by atoms with Crippen LogP contribution in [0, 0.1) is 0 Å². The van der Waals surface area contributed by atoms with Crippen molar-refractivity contribution < 1.29 is 14.3 Å². The smallest absolute Gasteiger partial charge is 0.230 e. The van der Waals surface area contributed by atoms with Gasteiger partial charge in [0.2, 0.25) is 5.91 Å². The van der Waals surface area contributed by atoms with E-state index in [0.29, 0.717) is 11.5 Å². The minimum Gasteiger partial charge on any atom is -0.493 e. The van der Waals surface area contributed by atoms with Gasteiger partial charge < -0.3 is 19.4 Å². The van der Waals surface area contributed by atoms with Crippen LogP contribution < -0.4 is 14.8 Å². The average Bonchev–Trinajstić information content (AvgIpc) is 3.51. The average molecular weight is 475 g/mol. The Hall–Kier alpha value is -3.65. The van der Waals surface area contributed by atoms with Crippen LogP contribution in [0.15, 0.2) is 54.0 Å². The minimum atomic E-state index is -0.102. The van der Waals surface area contributed by atoms with Crippen molar-refractivity contribution in [3.8, 4) is 33.5 Å². The summed E-state index contributed by atoms with van der Waals surface area (Å²) < 4.78 is 13.0. The standard InChI is InChI=1S/C26H26N4O3S/c1-32-22-11-8-18(13-23(22)33-2)26-29-20(16-34-26)14-24(31)28-19-9-6-17(7-10-19)25-27-15-21-5-3-4-12-30(21)25/h6-11,13,15-16H,3-5,12,14H2,1-2H3,(H,28,31). The summed E-state index contributed by atoms with van der Waals surface area (Å²) in [7, 11) is 3.21. The molecule has 5 rings (SSSR count). The molecule has 0 fully saturated rings. The van der Waals surface area contributed by atoms with Crippen LogP contribution in [-0.4, -0.2) is 34.7 Å². The van der Waals surface area contributed by atoms with E-state index in [1.165, 1.54) is 29.9 Å². The van der Waals surface area contributed by atoms with Crippen molar-refractivity contribution in [3.63, 3.8) is 0 Å². The maximum atomic E-state index is 12.6. The fourth-order valence-corrected chi connectivity index (χ4v) is 5.05. The lowest BCUT2D eigenvalue weighted by Crippen LogP contribution is -2.14. The normalized spacial score (nSPS) is 12.8. The lowest BCUT2D eigenvalue weighted by Gasteiger charge is -2.16. The van der Waals surface area contributed by atoms with Crippen LogP contribution in [0.4, 0.5) is 5.69 Å². The van der Waals surface area contributed by atoms with Crippen molar-refractivity contribution in [3.05, 3.63) is 65.4 Å². The van der Waals surface area contributed by atoms with Gasteiger partial charge in [-0.2, -0.15) is 0 Å². The van der Waals surface area contributed by atoms with E-state index >= 15 is 0 Å². The zero-order chi connectivity index (χ0) is 23.5. The Morgan fingerprint density at radius 2 is 1.85 bits per heavy atom. The van der Waals surface area contributed by atoms with E-state index < -0.39 is 0 Å². The first kappa shape index (κ1) is 22.2. The van der Waals surface area contributed by atoms with E-state index in [0.717, 1.165) is 46.3 Å². The number of hydrogen-bond acceptors (Lipinski definition) is 6. The summed E-state index contributed by atoms with van der Waals surface area (Å²) in [6.45, 7) is 1.02. The summed E-state index contributed by atoms with van der Waals surface area (Å²) >= 11 is 1.50. The molecule has 0 spiro atoms. The van der Waals surface area contributed by atoms with Crippen LogP contribution in [0.5, 0.6) is 11.5 Å². The number of fused-ring (bicyclic) bond motifs is 1. The first-order chi connectivity index (χ1) is 16.6. The number of amides is 1. The van der Waals surface area contributed by atoms with Crippen molar-refractivity contribution in [2.24, 2.45) is 0 Å². The van der Waals surface area contributed by atoms with Crippen molar-refractivity contribution in [2.45, 2.75) is 32.2 Å². The van der Waals surface area contributed by atoms with Gasteiger partial charge in [0, 0.05) is 40.6 Å². The maximum Gasteiger partial charge on any atom is 0.230 e. The summed E-state index contributed by atoms with van der Waals surface area (Å²) in [5.74, 6) is 2.21. The predicted octanol–water partition coefficient (Wildman–Crippen LogP) is 5.21. The quantitative estimate of drug-likeness (QED) is 0.398. The molecule has 0 atom stereocenters. The van der Waals surface area contributed by atoms with Crippen LogP contribution in [0.25, 0.3) is 22.0 Å². The van der Waals surface area contributed by atoms with Gasteiger partial charge in [-0.3, -0.25) is 4.79 Å². The van der Waals surface area contributed by atoms with Crippen LogP contribution in [0.1, 0.15) is 24.2 Å². The van der Waals surface area contributed by atoms with Crippen LogP contribution in [-0.2, 0) is 24.2 Å². The maximum absolute atomic E-state index is 12.6. The highest BCUT2D eigenvalue weighted by Gasteiger charge is 2.16. The molecule has 2 aromatic heterocycles. The second-order valence-electron chi connectivity index (χ2n) is 8.20. The summed E-state index contributed by atoms with van der Waals surface area (Å²) in [5.41, 5.74) is 4.77. The van der Waals surface area contributed by atoms with E-state index in [1.54, 1.807) is 14.2 Å². The topological polar surface area (TPSA) is 78.3 Å². The van der Waals surface area contributed by atoms with Gasteiger partial charge in [0.1, 0.15) is 10.8 Å². The lowest BCUT2D eigenvalue weighted by molar-refractivity contribution is -0.115. The van der Waals surface area contributed by atoms with Crippen LogP contribution in [0.3, 0.4) is 0 Å². The first-order valence-electron chi connectivity index (χ1n) is 11.3. The number of benzene rings is 2. The molecule has 0 aliphatic carbocycles. The molecular formula is C26H26N4O3S. The van der Waals surface area contributed by atoms with E-state index in [-0.39, 0.29) is 12.3 Å². The molecule has 174 valence electrons. The van der Waals surface area contributed by atoms with Crippen LogP contribution >= 0.6 is 11.3 Å². The second kappa shape index (κ2) is 9.69. The van der Waals surface area contributed by atoms with Gasteiger partial charge in [0.25, 0.3) is 0 Å². The molecule has 1 N–H and O–H groups in total. The monoisotopic (exact) mass is 474 g/mol. The number of ether oxygens (including phenoxy) is 2. The fraction of sp³-hybridized carbons (Fsp3) is 0.269. The summed E-state index contributed by atoms with van der Waals surface area (Å²) in [5, 5.41) is 5.71. The molecule has 4 aromatic rings. The molecule has 0 radical (unpaired) electrons. The van der Waals surface area contributed by atoms with E-state index in [2.05, 4.69) is 19.9 Å². The number of methoxy groups -OCH3 is 2. The van der Waals surface area contributed by atoms with Gasteiger partial charge in [0.15, 0.2) is 11.5 Å². The minimum absolute atomic E-state index is 0.102. The third kappa shape index (κ3) is 4.54. The van der Waals surface area contributed by atoms with Gasteiger partial charge in [-0.15, -0.1) is 11.3 Å². The summed E-state index contributed by atoms with van der Waals surface area (Å²) in [6, 6.07) is 13.5. The van der Waals surface area contributed by atoms with E-state index in [1.807, 2.05) is 54.0 Å². The number of rotatable bonds is 7. The number of carbonyl (C=O) groups is 1. The highest BCUT2D eigenvalue weighted by Crippen LogP contribution is 2.33. The molecule has 34 heavy (non-hydrogen) atoms. The number of nitrogens with zero attached hydrogens (tertiary/aromatic N) is 3. The fourth-order valence-electron chi connectivity index (χ4n) is 4.23. The Balaban J connectivity index is 1.23. The van der Waals surface area contributed by atoms with Crippen molar-refractivity contribution in [1.29, 1.82) is 0 Å². The van der Waals surface area contributed by atoms with Gasteiger partial charge in [-0.25, -0.2) is 9.97 Å². The molecule has 1 amide bonds. The molecule has 2 aromatic carbocycles. The lowest BCUT2D eigenvalue weighted by atomic mass is 10.1. The van der Waals surface area contributed by atoms with Crippen molar-refractivity contribution in [2.75, 3.05) is 19.5 Å². The third-order valence-electron chi connectivity index (χ3n) is 5.95. The number of aromatic nitrogens is 3. The van der Waals surface area contributed by atoms with E-state index in [9.17, 15) is 4.79 Å². The van der Waals surface area contributed by atoms with Crippen LogP contribution in [0.2, 0.25) is 0 Å². The Kier molecular flexibility index (Phi) is 6.31. The molecule has 8 heteroatoms. The van der Waals surface area contributed by atoms with Gasteiger partial charge >= 0.3 is 0 Å². The second-order valence-corrected chi connectivity index (χ2v) is 9.06. The number of thiazole rings is 1. The van der Waals surface area contributed by atoms with Crippen molar-refractivity contribution in [1.82, 2.24) is 14.5 Å². The van der Waals surface area contributed by atoms with Crippen molar-refractivity contribution >= 4 is 22.9 Å². The van der Waals surface area contributed by atoms with Gasteiger partial charge in [0.05, 0.1) is 26.3 Å². The SMILES string of the molecule is COc1ccc(-c2nc(CC(=O)Nc3ccc(-c4ncc5n4CCCC5)cc3)cs2)cc1OC. The van der Waals surface area contributed by atoms with Gasteiger partial charge in [-0.05, 0) is 61.7 Å². The molecule has 1 aliphatic rings. The zero-order valence-corrected chi connectivity index (χ0v) is 20.0. The van der Waals surface area contributed by atoms with Gasteiger partial charge in [-0.1, -0.05) is 0 Å². The molecule has 0 unspecified atom stereocenters. The number of hydrogen-bond donors (Lipinski definition) is 1. The number of carbonyl (C=O) groups excluding carboxylic acids is 1. The highest BCUT2D eigenvalue weighted by molar-refractivity contribution is 7.13. The molecule has 7 nitrogen and oxygen atoms in total. The molecule has 0 bridgehead atoms. The number of nitrogens with one attached hydrogen (secondary N) is 1. The van der Waals surface area contributed by atoms with E-state index in [4.69, 9.17) is 9.47 Å². The summed E-state index contributed by atoms with van der Waals surface area (Å²) in [6.07, 6.45) is 5.69. The highest BCUT2D eigenvalue weighted by atomic mass is 32.1. The Labute approximate surface area is 202 Å². The Morgan fingerprint density at radius 1 is 1.06 bits per heavy atom. The first-order valence-corrected chi connectivity index (χ1v) is 12.1. The summed E-state index contributed by atoms with van der Waals surface area (Å²) in [4.78, 5) is 21.9. The molecule has 1 aliphatic heterocycles. The number of anilines is 1. The number of aryl methyl sites for hydroxylation is 1. The number of imidazole rings is 1. The largest absolute Gasteiger partial charge is 0.493 e. The predicted molar refractivity (Wildman–Crippen MR) is 134 cm³/mol. The molecule has 0 saturated heterocycles. The molecule has 3 heterocycles. The molecule has 0 saturated carbocycles. The Bertz CT molecular complexity index is 1310. The Morgan fingerprint density at radius 3 is 2.65 bits per heavy atom. The molecular weight excluding hydrogens is 448 g/mol.